The summed E-state index contributed by atoms with van der Waals surface area (Å²) in [6.07, 6.45) is 7.36. The lowest BCUT2D eigenvalue weighted by Gasteiger charge is -2.39. The third-order valence-electron chi connectivity index (χ3n) is 6.24. The number of nitrogens with zero attached hydrogens (tertiary/aromatic N) is 4. The van der Waals surface area contributed by atoms with Crippen LogP contribution in [0.5, 0.6) is 5.75 Å². The number of aromatic nitrogens is 2. The van der Waals surface area contributed by atoms with Crippen LogP contribution in [0.25, 0.3) is 0 Å². The molecule has 1 aromatic carbocycles. The summed E-state index contributed by atoms with van der Waals surface area (Å²) in [5.41, 5.74) is 2.41. The molecule has 1 saturated heterocycles. The quantitative estimate of drug-likeness (QED) is 0.805. The Bertz CT molecular complexity index is 727. The standard InChI is InChI=1S/C22H32N4O/c1-18-10-11-26(23-18)20-8-6-19(7-9-20)17-24-12-14-25(15-13-24)21-4-3-5-22(16-21)27-2/h3-5,10-11,16,19-20H,6-9,12-15,17H2,1-2H3. The predicted octanol–water partition coefficient (Wildman–Crippen LogP) is 3.75. The average Bonchev–Trinajstić information content (AvgIpc) is 3.15. The van der Waals surface area contributed by atoms with Crippen LogP contribution < -0.4 is 9.64 Å². The first-order valence-corrected chi connectivity index (χ1v) is 10.3. The van der Waals surface area contributed by atoms with Crippen molar-refractivity contribution in [3.05, 3.63) is 42.2 Å². The minimum Gasteiger partial charge on any atom is -0.497 e. The van der Waals surface area contributed by atoms with E-state index in [1.807, 2.05) is 6.07 Å². The first-order valence-electron chi connectivity index (χ1n) is 10.3. The number of piperazine rings is 1. The van der Waals surface area contributed by atoms with Crippen LogP contribution in [0.4, 0.5) is 5.69 Å². The van der Waals surface area contributed by atoms with Crippen LogP contribution in [-0.2, 0) is 0 Å². The number of hydrogen-bond acceptors (Lipinski definition) is 4. The molecule has 1 saturated carbocycles. The Morgan fingerprint density at radius 1 is 1.04 bits per heavy atom. The molecule has 4 rings (SSSR count). The third kappa shape index (κ3) is 4.46. The van der Waals surface area contributed by atoms with Crippen LogP contribution in [0.15, 0.2) is 36.5 Å². The highest BCUT2D eigenvalue weighted by Gasteiger charge is 2.26. The van der Waals surface area contributed by atoms with Crippen molar-refractivity contribution in [1.82, 2.24) is 14.7 Å². The van der Waals surface area contributed by atoms with Gasteiger partial charge in [0.2, 0.25) is 0 Å². The molecule has 0 radical (unpaired) electrons. The number of aryl methyl sites for hydroxylation is 1. The molecule has 1 aliphatic carbocycles. The van der Waals surface area contributed by atoms with E-state index >= 15 is 0 Å². The minimum absolute atomic E-state index is 0.611. The Morgan fingerprint density at radius 2 is 1.81 bits per heavy atom. The predicted molar refractivity (Wildman–Crippen MR) is 110 cm³/mol. The fourth-order valence-corrected chi connectivity index (χ4v) is 4.59. The molecule has 0 amide bonds. The molecule has 0 bridgehead atoms. The van der Waals surface area contributed by atoms with Gasteiger partial charge in [0.25, 0.3) is 0 Å². The van der Waals surface area contributed by atoms with Crippen LogP contribution >= 0.6 is 0 Å². The molecule has 2 aliphatic rings. The van der Waals surface area contributed by atoms with Gasteiger partial charge in [0.05, 0.1) is 18.8 Å². The first kappa shape index (κ1) is 18.4. The van der Waals surface area contributed by atoms with Crippen LogP contribution in [0.1, 0.15) is 37.4 Å². The van der Waals surface area contributed by atoms with Gasteiger partial charge >= 0.3 is 0 Å². The van der Waals surface area contributed by atoms with E-state index in [9.17, 15) is 0 Å². The zero-order valence-electron chi connectivity index (χ0n) is 16.7. The number of methoxy groups -OCH3 is 1. The molecular weight excluding hydrogens is 336 g/mol. The lowest BCUT2D eigenvalue weighted by atomic mass is 9.85. The van der Waals surface area contributed by atoms with Crippen LogP contribution in [0, 0.1) is 12.8 Å². The minimum atomic E-state index is 0.611. The van der Waals surface area contributed by atoms with Crippen molar-refractivity contribution in [2.24, 2.45) is 5.92 Å². The Kier molecular flexibility index (Phi) is 5.67. The highest BCUT2D eigenvalue weighted by atomic mass is 16.5. The molecule has 2 heterocycles. The number of rotatable bonds is 5. The van der Waals surface area contributed by atoms with E-state index in [4.69, 9.17) is 4.74 Å². The maximum absolute atomic E-state index is 5.37. The van der Waals surface area contributed by atoms with Crippen molar-refractivity contribution in [1.29, 1.82) is 0 Å². The Balaban J connectivity index is 1.23. The van der Waals surface area contributed by atoms with Gasteiger partial charge in [-0.3, -0.25) is 9.58 Å². The first-order chi connectivity index (χ1) is 13.2. The molecule has 0 atom stereocenters. The number of benzene rings is 1. The summed E-state index contributed by atoms with van der Waals surface area (Å²) in [5, 5.41) is 4.62. The molecule has 5 heteroatoms. The third-order valence-corrected chi connectivity index (χ3v) is 6.24. The van der Waals surface area contributed by atoms with Crippen molar-refractivity contribution in [3.8, 4) is 5.75 Å². The molecule has 0 spiro atoms. The van der Waals surface area contributed by atoms with Gasteiger partial charge in [-0.25, -0.2) is 0 Å². The molecule has 2 fully saturated rings. The van der Waals surface area contributed by atoms with Crippen molar-refractivity contribution in [3.63, 3.8) is 0 Å². The fraction of sp³-hybridized carbons (Fsp3) is 0.591. The van der Waals surface area contributed by atoms with E-state index in [1.165, 1.54) is 37.9 Å². The van der Waals surface area contributed by atoms with E-state index in [-0.39, 0.29) is 0 Å². The van der Waals surface area contributed by atoms with Crippen molar-refractivity contribution < 1.29 is 4.74 Å². The normalized spacial score (nSPS) is 24.1. The van der Waals surface area contributed by atoms with Gasteiger partial charge in [-0.05, 0) is 56.7 Å². The zero-order valence-corrected chi connectivity index (χ0v) is 16.7. The molecule has 0 unspecified atom stereocenters. The Hall–Kier alpha value is -2.01. The Morgan fingerprint density at radius 3 is 2.48 bits per heavy atom. The molecule has 1 aliphatic heterocycles. The molecule has 5 nitrogen and oxygen atoms in total. The van der Waals surface area contributed by atoms with Gasteiger partial charge in [0.1, 0.15) is 5.75 Å². The van der Waals surface area contributed by atoms with Crippen molar-refractivity contribution in [2.75, 3.05) is 44.7 Å². The summed E-state index contributed by atoms with van der Waals surface area (Å²) < 4.78 is 7.56. The lowest BCUT2D eigenvalue weighted by molar-refractivity contribution is 0.171. The number of ether oxygens (including phenoxy) is 1. The number of hydrogen-bond donors (Lipinski definition) is 0. The summed E-state index contributed by atoms with van der Waals surface area (Å²) in [4.78, 5) is 5.15. The molecule has 0 N–H and O–H groups in total. The van der Waals surface area contributed by atoms with Crippen LogP contribution in [0.3, 0.4) is 0 Å². The SMILES string of the molecule is COc1cccc(N2CCN(CC3CCC(n4ccc(C)n4)CC3)CC2)c1. The second-order valence-electron chi connectivity index (χ2n) is 8.10. The average molecular weight is 369 g/mol. The van der Waals surface area contributed by atoms with Gasteiger partial charge in [0.15, 0.2) is 0 Å². The van der Waals surface area contributed by atoms with E-state index in [1.54, 1.807) is 7.11 Å². The molecule has 27 heavy (non-hydrogen) atoms. The summed E-state index contributed by atoms with van der Waals surface area (Å²) in [5.74, 6) is 1.79. The largest absolute Gasteiger partial charge is 0.497 e. The molecule has 2 aromatic rings. The second kappa shape index (κ2) is 8.34. The van der Waals surface area contributed by atoms with Crippen LogP contribution in [-0.4, -0.2) is 54.5 Å². The fourth-order valence-electron chi connectivity index (χ4n) is 4.59. The summed E-state index contributed by atoms with van der Waals surface area (Å²) in [6.45, 7) is 7.87. The van der Waals surface area contributed by atoms with E-state index in [0.29, 0.717) is 6.04 Å². The highest BCUT2D eigenvalue weighted by Crippen LogP contribution is 2.32. The maximum atomic E-state index is 5.37. The van der Waals surface area contributed by atoms with Gasteiger partial charge in [0, 0.05) is 50.7 Å². The molecule has 146 valence electrons. The van der Waals surface area contributed by atoms with Gasteiger partial charge in [-0.15, -0.1) is 0 Å². The topological polar surface area (TPSA) is 33.5 Å². The zero-order chi connectivity index (χ0) is 18.6. The van der Waals surface area contributed by atoms with Crippen molar-refractivity contribution >= 4 is 5.69 Å². The van der Waals surface area contributed by atoms with Gasteiger partial charge < -0.3 is 9.64 Å². The summed E-state index contributed by atoms with van der Waals surface area (Å²) in [7, 11) is 1.74. The molecular formula is C22H32N4O. The second-order valence-corrected chi connectivity index (χ2v) is 8.10. The molecule has 1 aromatic heterocycles. The summed E-state index contributed by atoms with van der Waals surface area (Å²) in [6, 6.07) is 11.2. The van der Waals surface area contributed by atoms with E-state index in [2.05, 4.69) is 57.0 Å². The van der Waals surface area contributed by atoms with E-state index < -0.39 is 0 Å². The monoisotopic (exact) mass is 368 g/mol. The highest BCUT2D eigenvalue weighted by molar-refractivity contribution is 5.51. The Labute approximate surface area is 162 Å². The van der Waals surface area contributed by atoms with Crippen molar-refractivity contribution in [2.45, 2.75) is 38.6 Å². The summed E-state index contributed by atoms with van der Waals surface area (Å²) >= 11 is 0. The van der Waals surface area contributed by atoms with Crippen LogP contribution in [0.2, 0.25) is 0 Å². The lowest BCUT2D eigenvalue weighted by Crippen LogP contribution is -2.48. The van der Waals surface area contributed by atoms with Gasteiger partial charge in [-0.2, -0.15) is 5.10 Å². The van der Waals surface area contributed by atoms with E-state index in [0.717, 1.165) is 43.5 Å². The van der Waals surface area contributed by atoms with Gasteiger partial charge in [-0.1, -0.05) is 6.07 Å². The maximum Gasteiger partial charge on any atom is 0.120 e. The number of anilines is 1. The smallest absolute Gasteiger partial charge is 0.120 e.